The van der Waals surface area contributed by atoms with Crippen molar-refractivity contribution in [2.24, 2.45) is 11.7 Å². The van der Waals surface area contributed by atoms with E-state index in [9.17, 15) is 4.79 Å². The fourth-order valence-corrected chi connectivity index (χ4v) is 1.93. The SMILES string of the molecule is CC(C)CN(C(=O)[C@H](N)c1ccccc1)C(C)C. The first kappa shape index (κ1) is 14.7. The maximum Gasteiger partial charge on any atom is 0.244 e. The Hall–Kier alpha value is -1.35. The van der Waals surface area contributed by atoms with E-state index in [-0.39, 0.29) is 11.9 Å². The first-order valence-corrected chi connectivity index (χ1v) is 6.54. The van der Waals surface area contributed by atoms with Gasteiger partial charge in [-0.05, 0) is 25.3 Å². The molecule has 0 fully saturated rings. The molecule has 0 unspecified atom stereocenters. The van der Waals surface area contributed by atoms with Crippen molar-refractivity contribution in [3.05, 3.63) is 35.9 Å². The molecule has 0 heterocycles. The third kappa shape index (κ3) is 3.84. The second-order valence-electron chi connectivity index (χ2n) is 5.37. The molecule has 100 valence electrons. The van der Waals surface area contributed by atoms with Gasteiger partial charge in [0.05, 0.1) is 0 Å². The third-order valence-corrected chi connectivity index (χ3v) is 2.89. The molecule has 1 aromatic carbocycles. The van der Waals surface area contributed by atoms with E-state index in [1.807, 2.05) is 49.1 Å². The number of carbonyl (C=O) groups is 1. The molecule has 1 amide bonds. The average Bonchev–Trinajstić information content (AvgIpc) is 2.34. The van der Waals surface area contributed by atoms with Crippen molar-refractivity contribution in [2.75, 3.05) is 6.54 Å². The molecule has 18 heavy (non-hydrogen) atoms. The minimum atomic E-state index is -0.563. The van der Waals surface area contributed by atoms with Gasteiger partial charge in [0.1, 0.15) is 6.04 Å². The molecule has 1 atom stereocenters. The van der Waals surface area contributed by atoms with Crippen LogP contribution in [0.1, 0.15) is 39.3 Å². The highest BCUT2D eigenvalue weighted by Crippen LogP contribution is 2.15. The monoisotopic (exact) mass is 248 g/mol. The summed E-state index contributed by atoms with van der Waals surface area (Å²) in [5.41, 5.74) is 6.93. The van der Waals surface area contributed by atoms with Crippen LogP contribution in [-0.4, -0.2) is 23.4 Å². The summed E-state index contributed by atoms with van der Waals surface area (Å²) in [5.74, 6) is 0.448. The van der Waals surface area contributed by atoms with Gasteiger partial charge in [0.15, 0.2) is 0 Å². The lowest BCUT2D eigenvalue weighted by Crippen LogP contribution is -2.44. The van der Waals surface area contributed by atoms with Gasteiger partial charge in [-0.2, -0.15) is 0 Å². The van der Waals surface area contributed by atoms with Crippen LogP contribution in [0.3, 0.4) is 0 Å². The Bertz CT molecular complexity index is 373. The van der Waals surface area contributed by atoms with E-state index in [1.165, 1.54) is 0 Å². The number of carbonyl (C=O) groups excluding carboxylic acids is 1. The molecular formula is C15H24N2O. The van der Waals surface area contributed by atoms with Gasteiger partial charge in [-0.3, -0.25) is 4.79 Å². The molecule has 3 nitrogen and oxygen atoms in total. The van der Waals surface area contributed by atoms with Gasteiger partial charge in [0.2, 0.25) is 5.91 Å². The molecule has 0 aliphatic rings. The lowest BCUT2D eigenvalue weighted by Gasteiger charge is -2.31. The van der Waals surface area contributed by atoms with E-state index in [1.54, 1.807) is 0 Å². The smallest absolute Gasteiger partial charge is 0.244 e. The molecule has 3 heteroatoms. The topological polar surface area (TPSA) is 46.3 Å². The summed E-state index contributed by atoms with van der Waals surface area (Å²) in [7, 11) is 0. The maximum absolute atomic E-state index is 12.4. The Morgan fingerprint density at radius 2 is 1.72 bits per heavy atom. The summed E-state index contributed by atoms with van der Waals surface area (Å²) in [6, 6.07) is 9.15. The zero-order valence-electron chi connectivity index (χ0n) is 11.8. The molecule has 0 bridgehead atoms. The van der Waals surface area contributed by atoms with Crippen LogP contribution in [0.25, 0.3) is 0 Å². The zero-order valence-corrected chi connectivity index (χ0v) is 11.8. The highest BCUT2D eigenvalue weighted by atomic mass is 16.2. The summed E-state index contributed by atoms with van der Waals surface area (Å²) in [6.07, 6.45) is 0. The number of benzene rings is 1. The van der Waals surface area contributed by atoms with E-state index in [2.05, 4.69) is 13.8 Å². The van der Waals surface area contributed by atoms with Crippen molar-refractivity contribution in [2.45, 2.75) is 39.8 Å². The molecule has 0 aliphatic heterocycles. The molecule has 1 rings (SSSR count). The van der Waals surface area contributed by atoms with E-state index < -0.39 is 6.04 Å². The van der Waals surface area contributed by atoms with Crippen molar-refractivity contribution >= 4 is 5.91 Å². The zero-order chi connectivity index (χ0) is 13.7. The molecule has 0 spiro atoms. The molecule has 0 aliphatic carbocycles. The largest absolute Gasteiger partial charge is 0.338 e. The van der Waals surface area contributed by atoms with Crippen LogP contribution in [-0.2, 0) is 4.79 Å². The van der Waals surface area contributed by atoms with Gasteiger partial charge in [-0.15, -0.1) is 0 Å². The Kier molecular flexibility index (Phi) is 5.35. The van der Waals surface area contributed by atoms with Crippen LogP contribution >= 0.6 is 0 Å². The second kappa shape index (κ2) is 6.55. The molecule has 0 saturated carbocycles. The van der Waals surface area contributed by atoms with Crippen LogP contribution in [0.15, 0.2) is 30.3 Å². The predicted molar refractivity (Wildman–Crippen MR) is 75.1 cm³/mol. The van der Waals surface area contributed by atoms with Crippen LogP contribution in [0, 0.1) is 5.92 Å². The lowest BCUT2D eigenvalue weighted by molar-refractivity contribution is -0.135. The third-order valence-electron chi connectivity index (χ3n) is 2.89. The molecule has 2 N–H and O–H groups in total. The molecule has 0 radical (unpaired) electrons. The second-order valence-corrected chi connectivity index (χ2v) is 5.37. The van der Waals surface area contributed by atoms with Gasteiger partial charge in [0.25, 0.3) is 0 Å². The van der Waals surface area contributed by atoms with E-state index in [0.29, 0.717) is 5.92 Å². The number of nitrogens with two attached hydrogens (primary N) is 1. The summed E-state index contributed by atoms with van der Waals surface area (Å²) in [6.45, 7) is 9.01. The van der Waals surface area contributed by atoms with Crippen molar-refractivity contribution in [1.82, 2.24) is 4.90 Å². The summed E-state index contributed by atoms with van der Waals surface area (Å²) in [4.78, 5) is 14.3. The highest BCUT2D eigenvalue weighted by Gasteiger charge is 2.24. The van der Waals surface area contributed by atoms with Crippen LogP contribution in [0.5, 0.6) is 0 Å². The number of hydrogen-bond acceptors (Lipinski definition) is 2. The molecule has 0 aromatic heterocycles. The van der Waals surface area contributed by atoms with E-state index in [4.69, 9.17) is 5.73 Å². The Balaban J connectivity index is 2.83. The van der Waals surface area contributed by atoms with E-state index >= 15 is 0 Å². The lowest BCUT2D eigenvalue weighted by atomic mass is 10.0. The number of hydrogen-bond donors (Lipinski definition) is 1. The minimum Gasteiger partial charge on any atom is -0.338 e. The Morgan fingerprint density at radius 3 is 2.17 bits per heavy atom. The highest BCUT2D eigenvalue weighted by molar-refractivity contribution is 5.83. The van der Waals surface area contributed by atoms with Gasteiger partial charge in [0, 0.05) is 12.6 Å². The summed E-state index contributed by atoms with van der Waals surface area (Å²) < 4.78 is 0. The van der Waals surface area contributed by atoms with Crippen molar-refractivity contribution in [1.29, 1.82) is 0 Å². The van der Waals surface area contributed by atoms with Crippen molar-refractivity contribution in [3.8, 4) is 0 Å². The van der Waals surface area contributed by atoms with Crippen LogP contribution < -0.4 is 5.73 Å². The fourth-order valence-electron chi connectivity index (χ4n) is 1.93. The average molecular weight is 248 g/mol. The first-order chi connectivity index (χ1) is 8.43. The van der Waals surface area contributed by atoms with Gasteiger partial charge < -0.3 is 10.6 Å². The first-order valence-electron chi connectivity index (χ1n) is 6.54. The quantitative estimate of drug-likeness (QED) is 0.870. The number of nitrogens with zero attached hydrogens (tertiary/aromatic N) is 1. The molecule has 0 saturated heterocycles. The van der Waals surface area contributed by atoms with Crippen molar-refractivity contribution < 1.29 is 4.79 Å². The standard InChI is InChI=1S/C15H24N2O/c1-11(2)10-17(12(3)4)15(18)14(16)13-8-6-5-7-9-13/h5-9,11-12,14H,10,16H2,1-4H3/t14-/m1/s1. The van der Waals surface area contributed by atoms with Crippen LogP contribution in [0.2, 0.25) is 0 Å². The van der Waals surface area contributed by atoms with Crippen LogP contribution in [0.4, 0.5) is 0 Å². The van der Waals surface area contributed by atoms with Crippen molar-refractivity contribution in [3.63, 3.8) is 0 Å². The maximum atomic E-state index is 12.4. The minimum absolute atomic E-state index is 0.00454. The van der Waals surface area contributed by atoms with Gasteiger partial charge in [-0.25, -0.2) is 0 Å². The van der Waals surface area contributed by atoms with E-state index in [0.717, 1.165) is 12.1 Å². The Labute approximate surface area is 110 Å². The predicted octanol–water partition coefficient (Wildman–Crippen LogP) is 2.58. The van der Waals surface area contributed by atoms with Gasteiger partial charge >= 0.3 is 0 Å². The fraction of sp³-hybridized carbons (Fsp3) is 0.533. The number of rotatable bonds is 5. The van der Waals surface area contributed by atoms with Gasteiger partial charge in [-0.1, -0.05) is 44.2 Å². The normalized spacial score (nSPS) is 12.8. The Morgan fingerprint density at radius 1 is 1.17 bits per heavy atom. The molecule has 1 aromatic rings. The summed E-state index contributed by atoms with van der Waals surface area (Å²) >= 11 is 0. The summed E-state index contributed by atoms with van der Waals surface area (Å²) in [5, 5.41) is 0. The number of amides is 1. The molecular weight excluding hydrogens is 224 g/mol.